The number of benzene rings is 1. The molecular weight excluding hydrogens is 222 g/mol. The van der Waals surface area contributed by atoms with Gasteiger partial charge in [0.05, 0.1) is 5.69 Å². The first-order valence-corrected chi connectivity index (χ1v) is 5.90. The summed E-state index contributed by atoms with van der Waals surface area (Å²) in [5, 5.41) is 1.04. The zero-order valence-corrected chi connectivity index (χ0v) is 9.93. The monoisotopic (exact) mass is 233 g/mol. The fourth-order valence-electron chi connectivity index (χ4n) is 1.63. The lowest BCUT2D eigenvalue weighted by Crippen LogP contribution is -1.92. The molecule has 1 aromatic heterocycles. The molecule has 2 heterocycles. The molecule has 0 amide bonds. The lowest BCUT2D eigenvalue weighted by Gasteiger charge is -1.98. The van der Waals surface area contributed by atoms with Gasteiger partial charge in [-0.3, -0.25) is 0 Å². The lowest BCUT2D eigenvalue weighted by atomic mass is 10.2. The Morgan fingerprint density at radius 1 is 1.19 bits per heavy atom. The molecular formula is C12H11NO2S. The number of fused-ring (bicyclic) bond motifs is 1. The number of hydrogen-bond donors (Lipinski definition) is 0. The summed E-state index contributed by atoms with van der Waals surface area (Å²) in [5.41, 5.74) is 2.18. The van der Waals surface area contributed by atoms with Crippen molar-refractivity contribution in [3.05, 3.63) is 28.8 Å². The third kappa shape index (κ3) is 1.46. The first-order valence-electron chi connectivity index (χ1n) is 5.08. The van der Waals surface area contributed by atoms with E-state index in [2.05, 4.69) is 11.9 Å². The lowest BCUT2D eigenvalue weighted by molar-refractivity contribution is 0.174. The molecule has 0 unspecified atom stereocenters. The number of aromatic nitrogens is 1. The van der Waals surface area contributed by atoms with Gasteiger partial charge in [0.15, 0.2) is 11.5 Å². The van der Waals surface area contributed by atoms with Crippen molar-refractivity contribution in [1.29, 1.82) is 0 Å². The van der Waals surface area contributed by atoms with Crippen LogP contribution in [-0.2, 0) is 0 Å². The molecule has 0 aliphatic carbocycles. The van der Waals surface area contributed by atoms with Crippen LogP contribution in [-0.4, -0.2) is 11.8 Å². The molecule has 0 N–H and O–H groups in total. The predicted octanol–water partition coefficient (Wildman–Crippen LogP) is 3.16. The third-order valence-electron chi connectivity index (χ3n) is 2.65. The predicted molar refractivity (Wildman–Crippen MR) is 63.1 cm³/mol. The smallest absolute Gasteiger partial charge is 0.231 e. The SMILES string of the molecule is Cc1nc(-c2ccc3c(c2)OCO3)sc1C. The molecule has 0 atom stereocenters. The van der Waals surface area contributed by atoms with E-state index in [0.29, 0.717) is 6.79 Å². The maximum atomic E-state index is 5.35. The Bertz CT molecular complexity index is 528. The Kier molecular flexibility index (Phi) is 2.11. The molecule has 1 aliphatic heterocycles. The molecule has 82 valence electrons. The summed E-state index contributed by atoms with van der Waals surface area (Å²) in [5.74, 6) is 1.62. The summed E-state index contributed by atoms with van der Waals surface area (Å²) in [6, 6.07) is 5.94. The third-order valence-corrected chi connectivity index (χ3v) is 3.77. The van der Waals surface area contributed by atoms with Crippen LogP contribution >= 0.6 is 11.3 Å². The Balaban J connectivity index is 2.07. The average Bonchev–Trinajstić information content (AvgIpc) is 2.85. The molecule has 3 rings (SSSR count). The minimum Gasteiger partial charge on any atom is -0.454 e. The van der Waals surface area contributed by atoms with Crippen molar-refractivity contribution in [1.82, 2.24) is 4.98 Å². The highest BCUT2D eigenvalue weighted by Crippen LogP contribution is 2.37. The second-order valence-electron chi connectivity index (χ2n) is 3.73. The summed E-state index contributed by atoms with van der Waals surface area (Å²) < 4.78 is 10.6. The van der Waals surface area contributed by atoms with Gasteiger partial charge in [0.25, 0.3) is 0 Å². The van der Waals surface area contributed by atoms with Crippen LogP contribution in [0.4, 0.5) is 0 Å². The van der Waals surface area contributed by atoms with Crippen molar-refractivity contribution in [3.63, 3.8) is 0 Å². The van der Waals surface area contributed by atoms with Gasteiger partial charge < -0.3 is 9.47 Å². The van der Waals surface area contributed by atoms with E-state index in [4.69, 9.17) is 9.47 Å². The van der Waals surface area contributed by atoms with Crippen molar-refractivity contribution in [3.8, 4) is 22.1 Å². The van der Waals surface area contributed by atoms with Gasteiger partial charge in [-0.05, 0) is 32.0 Å². The van der Waals surface area contributed by atoms with Gasteiger partial charge in [-0.1, -0.05) is 0 Å². The number of ether oxygens (including phenoxy) is 2. The van der Waals surface area contributed by atoms with E-state index in [-0.39, 0.29) is 0 Å². The van der Waals surface area contributed by atoms with Crippen LogP contribution in [0.2, 0.25) is 0 Å². The van der Waals surface area contributed by atoms with E-state index >= 15 is 0 Å². The van der Waals surface area contributed by atoms with Crippen LogP contribution in [0.25, 0.3) is 10.6 Å². The Labute approximate surface area is 97.7 Å². The molecule has 0 bridgehead atoms. The van der Waals surface area contributed by atoms with E-state index in [1.807, 2.05) is 25.1 Å². The van der Waals surface area contributed by atoms with Crippen LogP contribution in [0.3, 0.4) is 0 Å². The molecule has 3 nitrogen and oxygen atoms in total. The zero-order chi connectivity index (χ0) is 11.1. The average molecular weight is 233 g/mol. The van der Waals surface area contributed by atoms with E-state index in [9.17, 15) is 0 Å². The van der Waals surface area contributed by atoms with Gasteiger partial charge in [-0.25, -0.2) is 4.98 Å². The highest BCUT2D eigenvalue weighted by atomic mass is 32.1. The molecule has 2 aromatic rings. The van der Waals surface area contributed by atoms with Crippen LogP contribution in [0, 0.1) is 13.8 Å². The molecule has 4 heteroatoms. The summed E-state index contributed by atoms with van der Waals surface area (Å²) in [6.45, 7) is 4.43. The number of thiazole rings is 1. The molecule has 0 spiro atoms. The van der Waals surface area contributed by atoms with Crippen molar-refractivity contribution >= 4 is 11.3 Å². The topological polar surface area (TPSA) is 31.4 Å². The number of nitrogens with zero attached hydrogens (tertiary/aromatic N) is 1. The van der Waals surface area contributed by atoms with Crippen LogP contribution in [0.15, 0.2) is 18.2 Å². The largest absolute Gasteiger partial charge is 0.454 e. The van der Waals surface area contributed by atoms with Gasteiger partial charge in [-0.2, -0.15) is 0 Å². The van der Waals surface area contributed by atoms with E-state index in [1.54, 1.807) is 11.3 Å². The second kappa shape index (κ2) is 3.49. The summed E-state index contributed by atoms with van der Waals surface area (Å²) >= 11 is 1.71. The van der Waals surface area contributed by atoms with Crippen molar-refractivity contribution in [2.75, 3.05) is 6.79 Å². The van der Waals surface area contributed by atoms with Crippen molar-refractivity contribution < 1.29 is 9.47 Å². The van der Waals surface area contributed by atoms with Crippen molar-refractivity contribution in [2.45, 2.75) is 13.8 Å². The van der Waals surface area contributed by atoms with Gasteiger partial charge in [0.1, 0.15) is 5.01 Å². The second-order valence-corrected chi connectivity index (χ2v) is 4.93. The van der Waals surface area contributed by atoms with E-state index < -0.39 is 0 Å². The maximum Gasteiger partial charge on any atom is 0.231 e. The fraction of sp³-hybridized carbons (Fsp3) is 0.250. The highest BCUT2D eigenvalue weighted by Gasteiger charge is 2.15. The minimum atomic E-state index is 0.314. The Hall–Kier alpha value is -1.55. The first kappa shape index (κ1) is 9.66. The molecule has 0 radical (unpaired) electrons. The van der Waals surface area contributed by atoms with E-state index in [0.717, 1.165) is 27.8 Å². The number of aryl methyl sites for hydroxylation is 2. The number of hydrogen-bond acceptors (Lipinski definition) is 4. The maximum absolute atomic E-state index is 5.35. The Morgan fingerprint density at radius 2 is 2.00 bits per heavy atom. The quantitative estimate of drug-likeness (QED) is 0.758. The van der Waals surface area contributed by atoms with Crippen molar-refractivity contribution in [2.24, 2.45) is 0 Å². The summed E-state index contributed by atoms with van der Waals surface area (Å²) in [4.78, 5) is 5.79. The van der Waals surface area contributed by atoms with Crippen LogP contribution < -0.4 is 9.47 Å². The highest BCUT2D eigenvalue weighted by molar-refractivity contribution is 7.15. The molecule has 16 heavy (non-hydrogen) atoms. The Morgan fingerprint density at radius 3 is 2.75 bits per heavy atom. The minimum absolute atomic E-state index is 0.314. The standard InChI is InChI=1S/C12H11NO2S/c1-7-8(2)16-12(13-7)9-3-4-10-11(5-9)15-6-14-10/h3-5H,6H2,1-2H3. The van der Waals surface area contributed by atoms with Gasteiger partial charge in [0.2, 0.25) is 6.79 Å². The normalized spacial score (nSPS) is 13.1. The molecule has 0 saturated heterocycles. The zero-order valence-electron chi connectivity index (χ0n) is 9.11. The van der Waals surface area contributed by atoms with Gasteiger partial charge in [0, 0.05) is 10.4 Å². The first-order chi connectivity index (χ1) is 7.74. The van der Waals surface area contributed by atoms with Crippen LogP contribution in [0.1, 0.15) is 10.6 Å². The molecule has 0 saturated carbocycles. The van der Waals surface area contributed by atoms with Gasteiger partial charge >= 0.3 is 0 Å². The molecule has 1 aromatic carbocycles. The summed E-state index contributed by atoms with van der Waals surface area (Å²) in [7, 11) is 0. The molecule has 1 aliphatic rings. The van der Waals surface area contributed by atoms with Gasteiger partial charge in [-0.15, -0.1) is 11.3 Å². The van der Waals surface area contributed by atoms with Crippen LogP contribution in [0.5, 0.6) is 11.5 Å². The molecule has 0 fully saturated rings. The van der Waals surface area contributed by atoms with E-state index in [1.165, 1.54) is 4.88 Å². The fourth-order valence-corrected chi connectivity index (χ4v) is 2.54. The summed E-state index contributed by atoms with van der Waals surface area (Å²) in [6.07, 6.45) is 0. The number of rotatable bonds is 1.